The van der Waals surface area contributed by atoms with Crippen molar-refractivity contribution in [1.29, 1.82) is 0 Å². The summed E-state index contributed by atoms with van der Waals surface area (Å²) in [6, 6.07) is 35.6. The molecule has 4 aromatic carbocycles. The van der Waals surface area contributed by atoms with Gasteiger partial charge in [-0.2, -0.15) is 18.7 Å². The molecule has 0 fully saturated rings. The Kier molecular flexibility index (Phi) is 18.4. The number of rotatable bonds is 7. The van der Waals surface area contributed by atoms with Gasteiger partial charge in [0.25, 0.3) is 0 Å². The molecule has 0 atom stereocenters. The van der Waals surface area contributed by atoms with E-state index in [1.165, 1.54) is 35.4 Å². The fourth-order valence-corrected chi connectivity index (χ4v) is 4.33. The number of methoxy groups -OCH3 is 1. The summed E-state index contributed by atoms with van der Waals surface area (Å²) in [5.74, 6) is 0.324. The number of alkyl halides is 2. The fraction of sp³-hybridized carbons (Fsp3) is 0.105. The Balaban J connectivity index is 0.000000238. The van der Waals surface area contributed by atoms with E-state index >= 15 is 0 Å². The molecule has 0 bridgehead atoms. The molecule has 1 N–H and O–H groups in total. The first kappa shape index (κ1) is 42.7. The van der Waals surface area contributed by atoms with Crippen molar-refractivity contribution >= 4 is 73.7 Å². The predicted octanol–water partition coefficient (Wildman–Crippen LogP) is 13.3. The lowest BCUT2D eigenvalue weighted by Crippen LogP contribution is -1.94. The molecule has 14 heteroatoms. The van der Waals surface area contributed by atoms with Gasteiger partial charge in [-0.3, -0.25) is 0 Å². The molecule has 0 radical (unpaired) electrons. The number of halogens is 7. The Bertz CT molecular complexity index is 2000. The van der Waals surface area contributed by atoms with Crippen LogP contribution in [0.3, 0.4) is 0 Å². The number of hydrogen-bond donors (Lipinski definition) is 1. The van der Waals surface area contributed by atoms with Crippen molar-refractivity contribution in [2.24, 2.45) is 0 Å². The van der Waals surface area contributed by atoms with Gasteiger partial charge in [0.05, 0.1) is 12.4 Å². The van der Waals surface area contributed by atoms with Crippen LogP contribution in [0.4, 0.5) is 8.78 Å². The van der Waals surface area contributed by atoms with Crippen LogP contribution in [-0.4, -0.2) is 30.7 Å². The predicted molar refractivity (Wildman–Crippen MR) is 219 cm³/mol. The average Bonchev–Trinajstić information content (AvgIpc) is 3.11. The first-order valence-corrected chi connectivity index (χ1v) is 19.0. The van der Waals surface area contributed by atoms with Crippen molar-refractivity contribution in [3.8, 4) is 57.0 Å². The molecule has 0 saturated carbocycles. The zero-order valence-corrected chi connectivity index (χ0v) is 34.3. The summed E-state index contributed by atoms with van der Waals surface area (Å²) in [4.78, 5) is 7.29. The van der Waals surface area contributed by atoms with Crippen molar-refractivity contribution in [3.63, 3.8) is 0 Å². The lowest BCUT2D eigenvalue weighted by atomic mass is 10.0. The minimum Gasteiger partial charge on any atom is -0.504 e. The van der Waals surface area contributed by atoms with E-state index in [2.05, 4.69) is 81.5 Å². The summed E-state index contributed by atoms with van der Waals surface area (Å²) in [6.45, 7) is 4.07. The normalized spacial score (nSPS) is 9.88. The van der Waals surface area contributed by atoms with Gasteiger partial charge in [-0.05, 0) is 72.5 Å². The first-order chi connectivity index (χ1) is 24.9. The summed E-state index contributed by atoms with van der Waals surface area (Å²) in [6.07, 6.45) is 0. The van der Waals surface area contributed by atoms with E-state index in [0.29, 0.717) is 11.5 Å². The maximum absolute atomic E-state index is 13.1. The van der Waals surface area contributed by atoms with Crippen LogP contribution >= 0.6 is 70.5 Å². The standard InChI is InChI=1S/C19H16FNO2.C18H14FNO2.CH2Cl2.BBr3/c1-13-6-8-14(9-7-13)15-10-11-16(17(12-15)22-2)23-19-5-3-4-18(20)21-19;1-12-5-7-13(8-6-12)14-9-10-16(15(21)11-14)22-18-4-2-3-17(19)20-18;2-1-3;2-1(3)4/h3-12H,1-2H3;2-11,21H,1H3;1H2;. The third-order valence-corrected chi connectivity index (χ3v) is 6.70. The number of phenols is 1. The zero-order chi connectivity index (χ0) is 38.0. The second kappa shape index (κ2) is 22.4. The Morgan fingerprint density at radius 2 is 0.981 bits per heavy atom. The number of aromatic nitrogens is 2. The SMILES string of the molecule is BrB(Br)Br.COc1cc(-c2ccc(C)cc2)ccc1Oc1cccc(F)n1.Cc1ccc(-c2ccc(Oc3cccc(F)n3)c(O)c2)cc1.ClCCl. The highest BCUT2D eigenvalue weighted by molar-refractivity contribution is 9.69. The van der Waals surface area contributed by atoms with E-state index in [9.17, 15) is 13.9 Å². The van der Waals surface area contributed by atoms with Gasteiger partial charge >= 0.3 is 3.18 Å². The lowest BCUT2D eigenvalue weighted by Gasteiger charge is -2.11. The van der Waals surface area contributed by atoms with E-state index in [0.717, 1.165) is 22.3 Å². The van der Waals surface area contributed by atoms with Gasteiger partial charge in [-0.1, -0.05) is 83.9 Å². The Morgan fingerprint density at radius 3 is 1.38 bits per heavy atom. The number of aromatic hydroxyl groups is 1. The highest BCUT2D eigenvalue weighted by atomic mass is 79.9. The molecule has 0 saturated heterocycles. The van der Waals surface area contributed by atoms with Crippen LogP contribution in [0.15, 0.2) is 121 Å². The molecule has 52 heavy (non-hydrogen) atoms. The van der Waals surface area contributed by atoms with Gasteiger partial charge < -0.3 is 19.3 Å². The van der Waals surface area contributed by atoms with E-state index in [1.54, 1.807) is 37.4 Å². The summed E-state index contributed by atoms with van der Waals surface area (Å²) in [5, 5.41) is 10.3. The summed E-state index contributed by atoms with van der Waals surface area (Å²) in [7, 11) is 1.57. The van der Waals surface area contributed by atoms with Gasteiger partial charge in [0.2, 0.25) is 23.7 Å². The van der Waals surface area contributed by atoms with Crippen LogP contribution in [0, 0.1) is 25.7 Å². The van der Waals surface area contributed by atoms with Crippen LogP contribution in [-0.2, 0) is 0 Å². The van der Waals surface area contributed by atoms with Gasteiger partial charge in [0, 0.05) is 12.1 Å². The zero-order valence-electron chi connectivity index (χ0n) is 28.0. The van der Waals surface area contributed by atoms with Crippen LogP contribution in [0.1, 0.15) is 11.1 Å². The molecule has 0 aliphatic heterocycles. The molecular weight excluding hydrogens is 908 g/mol. The van der Waals surface area contributed by atoms with Gasteiger partial charge in [0.1, 0.15) is 0 Å². The number of ether oxygens (including phenoxy) is 3. The lowest BCUT2D eigenvalue weighted by molar-refractivity contribution is 0.371. The quantitative estimate of drug-likeness (QED) is 0.0977. The number of nitrogens with zero attached hydrogens (tertiary/aromatic N) is 2. The van der Waals surface area contributed by atoms with Crippen LogP contribution < -0.4 is 14.2 Å². The maximum Gasteiger partial charge on any atom is 0.369 e. The third-order valence-electron chi connectivity index (χ3n) is 6.70. The number of hydrogen-bond acceptors (Lipinski definition) is 6. The molecule has 0 spiro atoms. The Morgan fingerprint density at radius 1 is 0.596 bits per heavy atom. The van der Waals surface area contributed by atoms with Crippen molar-refractivity contribution in [1.82, 2.24) is 9.97 Å². The molecule has 0 amide bonds. The largest absolute Gasteiger partial charge is 0.504 e. The minimum absolute atomic E-state index is 0.0239. The minimum atomic E-state index is -0.631. The van der Waals surface area contributed by atoms with Crippen LogP contribution in [0.5, 0.6) is 34.8 Å². The van der Waals surface area contributed by atoms with E-state index < -0.39 is 11.9 Å². The number of aryl methyl sites for hydroxylation is 2. The maximum atomic E-state index is 13.1. The Labute approximate surface area is 337 Å². The van der Waals surface area contributed by atoms with E-state index in [1.807, 2.05) is 56.3 Å². The van der Waals surface area contributed by atoms with Crippen molar-refractivity contribution < 1.29 is 28.1 Å². The van der Waals surface area contributed by atoms with Crippen molar-refractivity contribution in [2.45, 2.75) is 13.8 Å². The molecule has 6 nitrogen and oxygen atoms in total. The Hall–Kier alpha value is -3.68. The molecule has 0 unspecified atom stereocenters. The van der Waals surface area contributed by atoms with Crippen molar-refractivity contribution in [2.75, 3.05) is 12.4 Å². The molecule has 2 aromatic heterocycles. The van der Waals surface area contributed by atoms with Crippen LogP contribution in [0.25, 0.3) is 22.3 Å². The second-order valence-corrected chi connectivity index (χ2v) is 17.7. The molecule has 2 heterocycles. The number of phenolic OH excluding ortho intramolecular Hbond substituents is 1. The fourth-order valence-electron chi connectivity index (χ4n) is 4.33. The molecule has 6 aromatic rings. The molecule has 0 aliphatic carbocycles. The second-order valence-electron chi connectivity index (χ2n) is 10.4. The monoisotopic (exact) mass is 936 g/mol. The van der Waals surface area contributed by atoms with Gasteiger partial charge in [0.15, 0.2) is 23.0 Å². The van der Waals surface area contributed by atoms with Gasteiger partial charge in [-0.25, -0.2) is 0 Å². The smallest absolute Gasteiger partial charge is 0.369 e. The van der Waals surface area contributed by atoms with Crippen molar-refractivity contribution in [3.05, 3.63) is 144 Å². The summed E-state index contributed by atoms with van der Waals surface area (Å²) in [5.41, 5.74) is 6.35. The highest BCUT2D eigenvalue weighted by Crippen LogP contribution is 2.36. The third kappa shape index (κ3) is 14.7. The molecule has 0 aliphatic rings. The van der Waals surface area contributed by atoms with E-state index in [-0.39, 0.29) is 31.8 Å². The summed E-state index contributed by atoms with van der Waals surface area (Å²) >= 11 is 18.8. The molecule has 270 valence electrons. The topological polar surface area (TPSA) is 73.7 Å². The van der Waals surface area contributed by atoms with E-state index in [4.69, 9.17) is 37.4 Å². The molecule has 6 rings (SSSR count). The van der Waals surface area contributed by atoms with Gasteiger partial charge in [-0.15, -0.1) is 70.5 Å². The highest BCUT2D eigenvalue weighted by Gasteiger charge is 2.10. The average molecular weight is 940 g/mol. The van der Waals surface area contributed by atoms with Crippen LogP contribution in [0.2, 0.25) is 0 Å². The number of pyridine rings is 2. The summed E-state index contributed by atoms with van der Waals surface area (Å²) < 4.78 is 42.9. The first-order valence-electron chi connectivity index (χ1n) is 15.2. The molecular formula is C38H32BBr3Cl2F2N2O4. The number of benzene rings is 4.